The number of halogens is 1. The summed E-state index contributed by atoms with van der Waals surface area (Å²) in [4.78, 5) is 0. The molecule has 2 aromatic rings. The van der Waals surface area contributed by atoms with Crippen molar-refractivity contribution in [3.63, 3.8) is 0 Å². The van der Waals surface area contributed by atoms with Crippen LogP contribution in [0.2, 0.25) is 0 Å². The Morgan fingerprint density at radius 3 is 2.60 bits per heavy atom. The summed E-state index contributed by atoms with van der Waals surface area (Å²) < 4.78 is 1.06. The van der Waals surface area contributed by atoms with Crippen molar-refractivity contribution in [1.82, 2.24) is 10.2 Å². The van der Waals surface area contributed by atoms with Crippen LogP contribution in [0.3, 0.4) is 0 Å². The summed E-state index contributed by atoms with van der Waals surface area (Å²) in [6.45, 7) is 2.33. The lowest BCUT2D eigenvalue weighted by Gasteiger charge is -2.33. The SMILES string of the molecule is CC1(c2[nH]nc(N)c2-c2ccccc2Br)CCCCC1. The molecule has 1 aliphatic rings. The molecule has 20 heavy (non-hydrogen) atoms. The Balaban J connectivity index is 2.13. The Morgan fingerprint density at radius 2 is 1.90 bits per heavy atom. The van der Waals surface area contributed by atoms with Crippen LogP contribution in [0.15, 0.2) is 28.7 Å². The number of anilines is 1. The number of nitrogens with one attached hydrogen (secondary N) is 1. The van der Waals surface area contributed by atoms with E-state index in [-0.39, 0.29) is 5.41 Å². The van der Waals surface area contributed by atoms with Crippen molar-refractivity contribution in [3.8, 4) is 11.1 Å². The fourth-order valence-corrected chi connectivity index (χ4v) is 3.79. The highest BCUT2D eigenvalue weighted by Gasteiger charge is 2.34. The van der Waals surface area contributed by atoms with Gasteiger partial charge in [-0.25, -0.2) is 0 Å². The van der Waals surface area contributed by atoms with Crippen LogP contribution < -0.4 is 5.73 Å². The summed E-state index contributed by atoms with van der Waals surface area (Å²) in [5.41, 5.74) is 9.70. The zero-order valence-corrected chi connectivity index (χ0v) is 13.3. The largest absolute Gasteiger partial charge is 0.382 e. The van der Waals surface area contributed by atoms with E-state index >= 15 is 0 Å². The normalized spacial score (nSPS) is 18.1. The molecule has 1 fully saturated rings. The lowest BCUT2D eigenvalue weighted by atomic mass is 9.72. The third kappa shape index (κ3) is 2.26. The summed E-state index contributed by atoms with van der Waals surface area (Å²) in [5, 5.41) is 7.50. The van der Waals surface area contributed by atoms with Gasteiger partial charge in [0, 0.05) is 21.0 Å². The molecule has 3 nitrogen and oxygen atoms in total. The van der Waals surface area contributed by atoms with Crippen molar-refractivity contribution < 1.29 is 0 Å². The van der Waals surface area contributed by atoms with Crippen LogP contribution in [-0.4, -0.2) is 10.2 Å². The molecule has 1 aromatic carbocycles. The van der Waals surface area contributed by atoms with Gasteiger partial charge in [-0.15, -0.1) is 0 Å². The molecule has 1 saturated carbocycles. The van der Waals surface area contributed by atoms with Crippen LogP contribution in [0.5, 0.6) is 0 Å². The van der Waals surface area contributed by atoms with Crippen molar-refractivity contribution in [2.45, 2.75) is 44.4 Å². The van der Waals surface area contributed by atoms with Crippen LogP contribution in [0.4, 0.5) is 5.82 Å². The quantitative estimate of drug-likeness (QED) is 0.840. The first kappa shape index (κ1) is 13.7. The van der Waals surface area contributed by atoms with Gasteiger partial charge in [-0.3, -0.25) is 5.10 Å². The molecule has 3 rings (SSSR count). The lowest BCUT2D eigenvalue weighted by molar-refractivity contribution is 0.312. The topological polar surface area (TPSA) is 54.7 Å². The van der Waals surface area contributed by atoms with Gasteiger partial charge in [0.1, 0.15) is 0 Å². The standard InChI is InChI=1S/C16H20BrN3/c1-16(9-5-2-6-10-16)14-13(15(18)20-19-14)11-7-3-4-8-12(11)17/h3-4,7-8H,2,5-6,9-10H2,1H3,(H3,18,19,20). The molecule has 0 aliphatic heterocycles. The molecular formula is C16H20BrN3. The molecule has 0 unspecified atom stereocenters. The molecule has 0 atom stereocenters. The first-order valence-electron chi connectivity index (χ1n) is 7.21. The summed E-state index contributed by atoms with van der Waals surface area (Å²) in [7, 11) is 0. The van der Waals surface area contributed by atoms with Gasteiger partial charge >= 0.3 is 0 Å². The maximum absolute atomic E-state index is 6.14. The third-order valence-electron chi connectivity index (χ3n) is 4.50. The van der Waals surface area contributed by atoms with Crippen molar-refractivity contribution >= 4 is 21.7 Å². The van der Waals surface area contributed by atoms with E-state index < -0.39 is 0 Å². The van der Waals surface area contributed by atoms with E-state index in [2.05, 4.69) is 45.2 Å². The lowest BCUT2D eigenvalue weighted by Crippen LogP contribution is -2.26. The Labute approximate surface area is 128 Å². The van der Waals surface area contributed by atoms with Gasteiger partial charge in [0.15, 0.2) is 5.82 Å². The number of aromatic nitrogens is 2. The van der Waals surface area contributed by atoms with E-state index in [4.69, 9.17) is 5.73 Å². The minimum atomic E-state index is 0.160. The number of hydrogen-bond acceptors (Lipinski definition) is 2. The molecule has 1 aromatic heterocycles. The van der Waals surface area contributed by atoms with Crippen LogP contribution in [0.25, 0.3) is 11.1 Å². The highest BCUT2D eigenvalue weighted by atomic mass is 79.9. The van der Waals surface area contributed by atoms with Crippen LogP contribution in [0, 0.1) is 0 Å². The Bertz CT molecular complexity index is 612. The number of nitrogen functional groups attached to an aromatic ring is 1. The maximum atomic E-state index is 6.14. The van der Waals surface area contributed by atoms with Crippen molar-refractivity contribution in [1.29, 1.82) is 0 Å². The second kappa shape index (κ2) is 5.24. The molecular weight excluding hydrogens is 314 g/mol. The minimum Gasteiger partial charge on any atom is -0.382 e. The molecule has 0 spiro atoms. The Morgan fingerprint density at radius 1 is 1.20 bits per heavy atom. The Kier molecular flexibility index (Phi) is 3.59. The van der Waals surface area contributed by atoms with E-state index in [1.165, 1.54) is 37.8 Å². The van der Waals surface area contributed by atoms with Crippen LogP contribution in [-0.2, 0) is 5.41 Å². The number of benzene rings is 1. The van der Waals surface area contributed by atoms with Crippen molar-refractivity contribution in [2.24, 2.45) is 0 Å². The first-order valence-corrected chi connectivity index (χ1v) is 8.00. The summed E-state index contributed by atoms with van der Waals surface area (Å²) in [6.07, 6.45) is 6.30. The van der Waals surface area contributed by atoms with Gasteiger partial charge < -0.3 is 5.73 Å². The number of rotatable bonds is 2. The molecule has 0 amide bonds. The molecule has 4 heteroatoms. The van der Waals surface area contributed by atoms with Gasteiger partial charge in [-0.05, 0) is 18.9 Å². The summed E-state index contributed by atoms with van der Waals surface area (Å²) in [5.74, 6) is 0.596. The van der Waals surface area contributed by atoms with Crippen LogP contribution >= 0.6 is 15.9 Å². The van der Waals surface area contributed by atoms with Gasteiger partial charge in [0.2, 0.25) is 0 Å². The Hall–Kier alpha value is -1.29. The molecule has 0 saturated heterocycles. The summed E-state index contributed by atoms with van der Waals surface area (Å²) >= 11 is 3.63. The summed E-state index contributed by atoms with van der Waals surface area (Å²) in [6, 6.07) is 8.21. The zero-order valence-electron chi connectivity index (χ0n) is 11.7. The van der Waals surface area contributed by atoms with Gasteiger partial charge in [0.25, 0.3) is 0 Å². The zero-order chi connectivity index (χ0) is 14.2. The average Bonchev–Trinajstić information content (AvgIpc) is 2.83. The predicted octanol–water partition coefficient (Wildman–Crippen LogP) is 4.64. The second-order valence-electron chi connectivity index (χ2n) is 5.96. The van der Waals surface area contributed by atoms with Gasteiger partial charge in [-0.2, -0.15) is 5.10 Å². The number of nitrogens with two attached hydrogens (primary N) is 1. The average molecular weight is 334 g/mol. The number of hydrogen-bond donors (Lipinski definition) is 2. The van der Waals surface area contributed by atoms with Gasteiger partial charge in [0.05, 0.1) is 5.69 Å². The van der Waals surface area contributed by atoms with E-state index in [0.717, 1.165) is 15.6 Å². The molecule has 1 heterocycles. The van der Waals surface area contributed by atoms with E-state index in [9.17, 15) is 0 Å². The highest BCUT2D eigenvalue weighted by Crippen LogP contribution is 2.45. The van der Waals surface area contributed by atoms with Crippen molar-refractivity contribution in [3.05, 3.63) is 34.4 Å². The molecule has 0 bridgehead atoms. The van der Waals surface area contributed by atoms with E-state index in [1.54, 1.807) is 0 Å². The highest BCUT2D eigenvalue weighted by molar-refractivity contribution is 9.10. The maximum Gasteiger partial charge on any atom is 0.153 e. The minimum absolute atomic E-state index is 0.160. The van der Waals surface area contributed by atoms with Crippen LogP contribution in [0.1, 0.15) is 44.7 Å². The number of H-pyrrole nitrogens is 1. The second-order valence-corrected chi connectivity index (χ2v) is 6.81. The fraction of sp³-hybridized carbons (Fsp3) is 0.438. The van der Waals surface area contributed by atoms with E-state index in [0.29, 0.717) is 5.82 Å². The molecule has 0 radical (unpaired) electrons. The molecule has 3 N–H and O–H groups in total. The number of nitrogens with zero attached hydrogens (tertiary/aromatic N) is 1. The molecule has 106 valence electrons. The van der Waals surface area contributed by atoms with Crippen molar-refractivity contribution in [2.75, 3.05) is 5.73 Å². The predicted molar refractivity (Wildman–Crippen MR) is 86.6 cm³/mol. The monoisotopic (exact) mass is 333 g/mol. The molecule has 1 aliphatic carbocycles. The fourth-order valence-electron chi connectivity index (χ4n) is 3.31. The van der Waals surface area contributed by atoms with E-state index in [1.807, 2.05) is 12.1 Å². The smallest absolute Gasteiger partial charge is 0.153 e. The number of aromatic amines is 1. The van der Waals surface area contributed by atoms with Gasteiger partial charge in [-0.1, -0.05) is 60.3 Å². The third-order valence-corrected chi connectivity index (χ3v) is 5.19. The first-order chi connectivity index (χ1) is 9.62.